The smallest absolute Gasteiger partial charge is 0.175 e. The summed E-state index contributed by atoms with van der Waals surface area (Å²) in [6.45, 7) is 0.976. The van der Waals surface area contributed by atoms with Crippen LogP contribution in [0.15, 0.2) is 88.4 Å². The van der Waals surface area contributed by atoms with Crippen LogP contribution in [0.4, 0.5) is 0 Å². The average molecular weight is 510 g/mol. The summed E-state index contributed by atoms with van der Waals surface area (Å²) in [5.74, 6) is 1.29. The molecule has 0 aliphatic carbocycles. The third kappa shape index (κ3) is 5.23. The SMILES string of the molecule is COc1cc(/C=N\NCc2ccccc2Cl)cc(Br)c1OCc1cccc2ccccc12. The van der Waals surface area contributed by atoms with Gasteiger partial charge in [0.1, 0.15) is 6.61 Å². The molecule has 0 unspecified atom stereocenters. The molecule has 0 aliphatic rings. The summed E-state index contributed by atoms with van der Waals surface area (Å²) < 4.78 is 12.5. The maximum atomic E-state index is 6.18. The Morgan fingerprint density at radius 2 is 1.72 bits per heavy atom. The fourth-order valence-electron chi connectivity index (χ4n) is 3.42. The zero-order valence-electron chi connectivity index (χ0n) is 17.5. The molecule has 4 rings (SSSR count). The van der Waals surface area contributed by atoms with Gasteiger partial charge < -0.3 is 14.9 Å². The van der Waals surface area contributed by atoms with Gasteiger partial charge in [0.15, 0.2) is 11.5 Å². The topological polar surface area (TPSA) is 42.8 Å². The van der Waals surface area contributed by atoms with Gasteiger partial charge in [-0.3, -0.25) is 0 Å². The number of methoxy groups -OCH3 is 1. The zero-order chi connectivity index (χ0) is 22.3. The van der Waals surface area contributed by atoms with Crippen molar-refractivity contribution < 1.29 is 9.47 Å². The molecule has 0 bridgehead atoms. The lowest BCUT2D eigenvalue weighted by Crippen LogP contribution is -2.06. The van der Waals surface area contributed by atoms with E-state index in [4.69, 9.17) is 21.1 Å². The van der Waals surface area contributed by atoms with Gasteiger partial charge in [0.25, 0.3) is 0 Å². The van der Waals surface area contributed by atoms with Gasteiger partial charge in [0.2, 0.25) is 0 Å². The van der Waals surface area contributed by atoms with E-state index in [1.165, 1.54) is 10.8 Å². The Bertz CT molecular complexity index is 1250. The fourth-order valence-corrected chi connectivity index (χ4v) is 4.19. The van der Waals surface area contributed by atoms with Gasteiger partial charge in [-0.25, -0.2) is 0 Å². The quantitative estimate of drug-likeness (QED) is 0.206. The lowest BCUT2D eigenvalue weighted by Gasteiger charge is -2.14. The summed E-state index contributed by atoms with van der Waals surface area (Å²) in [5, 5.41) is 7.39. The minimum atomic E-state index is 0.434. The van der Waals surface area contributed by atoms with E-state index in [0.717, 1.165) is 21.2 Å². The van der Waals surface area contributed by atoms with E-state index in [1.54, 1.807) is 13.3 Å². The number of benzene rings is 4. The van der Waals surface area contributed by atoms with E-state index in [-0.39, 0.29) is 0 Å². The molecule has 0 aromatic heterocycles. The van der Waals surface area contributed by atoms with E-state index in [1.807, 2.05) is 54.6 Å². The molecule has 0 atom stereocenters. The highest BCUT2D eigenvalue weighted by Gasteiger charge is 2.12. The third-order valence-corrected chi connectivity index (χ3v) is 5.99. The lowest BCUT2D eigenvalue weighted by atomic mass is 10.1. The lowest BCUT2D eigenvalue weighted by molar-refractivity contribution is 0.283. The maximum Gasteiger partial charge on any atom is 0.175 e. The molecule has 0 amide bonds. The van der Waals surface area contributed by atoms with Crippen molar-refractivity contribution in [3.8, 4) is 11.5 Å². The first-order chi connectivity index (χ1) is 15.7. The highest BCUT2D eigenvalue weighted by molar-refractivity contribution is 9.10. The molecule has 0 saturated carbocycles. The number of nitrogens with one attached hydrogen (secondary N) is 1. The van der Waals surface area contributed by atoms with Crippen molar-refractivity contribution >= 4 is 44.5 Å². The van der Waals surface area contributed by atoms with Crippen molar-refractivity contribution in [2.24, 2.45) is 5.10 Å². The first-order valence-electron chi connectivity index (χ1n) is 10.1. The predicted molar refractivity (Wildman–Crippen MR) is 135 cm³/mol. The van der Waals surface area contributed by atoms with Crippen LogP contribution in [0.1, 0.15) is 16.7 Å². The van der Waals surface area contributed by atoms with Gasteiger partial charge in [0.05, 0.1) is 24.3 Å². The molecule has 4 nitrogen and oxygen atoms in total. The normalized spacial score (nSPS) is 11.1. The van der Waals surface area contributed by atoms with E-state index < -0.39 is 0 Å². The Morgan fingerprint density at radius 1 is 0.969 bits per heavy atom. The van der Waals surface area contributed by atoms with Crippen LogP contribution in [0.3, 0.4) is 0 Å². The number of hydrazone groups is 1. The fraction of sp³-hybridized carbons (Fsp3) is 0.115. The minimum absolute atomic E-state index is 0.434. The molecule has 0 spiro atoms. The summed E-state index contributed by atoms with van der Waals surface area (Å²) in [4.78, 5) is 0. The first-order valence-corrected chi connectivity index (χ1v) is 11.3. The Labute approximate surface area is 201 Å². The van der Waals surface area contributed by atoms with E-state index >= 15 is 0 Å². The third-order valence-electron chi connectivity index (χ3n) is 5.04. The molecule has 1 N–H and O–H groups in total. The number of rotatable bonds is 8. The summed E-state index contributed by atoms with van der Waals surface area (Å²) in [5.41, 5.74) is 6.00. The van der Waals surface area contributed by atoms with E-state index in [9.17, 15) is 0 Å². The van der Waals surface area contributed by atoms with Crippen LogP contribution in [0.25, 0.3) is 10.8 Å². The molecule has 0 aliphatic heterocycles. The summed E-state index contributed by atoms with van der Waals surface area (Å²) in [7, 11) is 1.63. The Kier molecular flexibility index (Phi) is 7.30. The van der Waals surface area contributed by atoms with Crippen molar-refractivity contribution in [2.45, 2.75) is 13.2 Å². The molecule has 0 fully saturated rings. The zero-order valence-corrected chi connectivity index (χ0v) is 19.9. The van der Waals surface area contributed by atoms with Gasteiger partial charge >= 0.3 is 0 Å². The monoisotopic (exact) mass is 508 g/mol. The summed E-state index contributed by atoms with van der Waals surface area (Å²) >= 11 is 9.79. The molecule has 0 heterocycles. The molecule has 4 aromatic rings. The maximum absolute atomic E-state index is 6.18. The Morgan fingerprint density at radius 3 is 2.56 bits per heavy atom. The van der Waals surface area contributed by atoms with Gasteiger partial charge in [-0.2, -0.15) is 5.10 Å². The number of ether oxygens (including phenoxy) is 2. The van der Waals surface area contributed by atoms with Crippen molar-refractivity contribution in [1.82, 2.24) is 5.43 Å². The second kappa shape index (κ2) is 10.5. The van der Waals surface area contributed by atoms with Crippen LogP contribution in [0.2, 0.25) is 5.02 Å². The molecular formula is C26H22BrClN2O2. The number of hydrogen-bond acceptors (Lipinski definition) is 4. The highest BCUT2D eigenvalue weighted by atomic mass is 79.9. The van der Waals surface area contributed by atoms with Crippen LogP contribution < -0.4 is 14.9 Å². The molecule has 0 radical (unpaired) electrons. The van der Waals surface area contributed by atoms with Crippen molar-refractivity contribution in [3.05, 3.63) is 105 Å². The van der Waals surface area contributed by atoms with Gasteiger partial charge in [-0.15, -0.1) is 0 Å². The molecule has 32 heavy (non-hydrogen) atoms. The minimum Gasteiger partial charge on any atom is -0.493 e. The number of nitrogens with zero attached hydrogens (tertiary/aromatic N) is 1. The molecule has 4 aromatic carbocycles. The van der Waals surface area contributed by atoms with Crippen LogP contribution >= 0.6 is 27.5 Å². The molecular weight excluding hydrogens is 488 g/mol. The molecule has 6 heteroatoms. The second-order valence-corrected chi connectivity index (χ2v) is 8.41. The second-order valence-electron chi connectivity index (χ2n) is 7.15. The van der Waals surface area contributed by atoms with Crippen molar-refractivity contribution in [2.75, 3.05) is 7.11 Å². The van der Waals surface area contributed by atoms with Crippen LogP contribution in [-0.2, 0) is 13.2 Å². The van der Waals surface area contributed by atoms with Crippen LogP contribution in [0.5, 0.6) is 11.5 Å². The van der Waals surface area contributed by atoms with Crippen molar-refractivity contribution in [1.29, 1.82) is 0 Å². The summed E-state index contributed by atoms with van der Waals surface area (Å²) in [6, 6.07) is 26.0. The number of fused-ring (bicyclic) bond motifs is 1. The standard InChI is InChI=1S/C26H22BrClN2O2/c1-31-25-14-18(15-29-30-16-20-8-3-5-12-24(20)28)13-23(27)26(25)32-17-21-10-6-9-19-7-2-4-11-22(19)21/h2-15,30H,16-17H2,1H3/b29-15-. The van der Waals surface area contributed by atoms with Crippen molar-refractivity contribution in [3.63, 3.8) is 0 Å². The Balaban J connectivity index is 1.46. The van der Waals surface area contributed by atoms with Crippen LogP contribution in [0, 0.1) is 0 Å². The predicted octanol–water partition coefficient (Wildman–Crippen LogP) is 6.97. The first kappa shape index (κ1) is 22.2. The van der Waals surface area contributed by atoms with E-state index in [0.29, 0.717) is 29.7 Å². The van der Waals surface area contributed by atoms with Gasteiger partial charge in [0, 0.05) is 5.02 Å². The van der Waals surface area contributed by atoms with Gasteiger partial charge in [-0.1, -0.05) is 72.3 Å². The highest BCUT2D eigenvalue weighted by Crippen LogP contribution is 2.37. The average Bonchev–Trinajstić information content (AvgIpc) is 2.82. The molecule has 162 valence electrons. The van der Waals surface area contributed by atoms with Gasteiger partial charge in [-0.05, 0) is 61.6 Å². The largest absolute Gasteiger partial charge is 0.493 e. The summed E-state index contributed by atoms with van der Waals surface area (Å²) in [6.07, 6.45) is 1.73. The van der Waals surface area contributed by atoms with Crippen LogP contribution in [-0.4, -0.2) is 13.3 Å². The molecule has 0 saturated heterocycles. The van der Waals surface area contributed by atoms with E-state index in [2.05, 4.69) is 50.7 Å². The Hall–Kier alpha value is -3.02. The number of hydrogen-bond donors (Lipinski definition) is 1. The number of halogens is 2.